The summed E-state index contributed by atoms with van der Waals surface area (Å²) in [6, 6.07) is 2.33. The van der Waals surface area contributed by atoms with Crippen molar-refractivity contribution in [2.45, 2.75) is 39.0 Å². The van der Waals surface area contributed by atoms with Gasteiger partial charge in [0.25, 0.3) is 0 Å². The van der Waals surface area contributed by atoms with Gasteiger partial charge in [-0.15, -0.1) is 10.2 Å². The Labute approximate surface area is 122 Å². The van der Waals surface area contributed by atoms with Gasteiger partial charge in [0, 0.05) is 19.7 Å². The summed E-state index contributed by atoms with van der Waals surface area (Å²) in [6.45, 7) is 6.38. The van der Waals surface area contributed by atoms with E-state index in [1.54, 1.807) is 0 Å². The first-order chi connectivity index (χ1) is 9.86. The van der Waals surface area contributed by atoms with Crippen molar-refractivity contribution in [3.05, 3.63) is 17.8 Å². The number of halogens is 3. The minimum Gasteiger partial charge on any atom is -0.376 e. The van der Waals surface area contributed by atoms with E-state index in [0.717, 1.165) is 32.1 Å². The number of rotatable bonds is 5. The van der Waals surface area contributed by atoms with Crippen molar-refractivity contribution in [1.82, 2.24) is 10.2 Å². The second-order valence-corrected chi connectivity index (χ2v) is 5.68. The maximum atomic E-state index is 12.4. The molecule has 7 heteroatoms. The molecular weight excluding hydrogens is 283 g/mol. The van der Waals surface area contributed by atoms with Crippen molar-refractivity contribution in [2.75, 3.05) is 24.6 Å². The Hall–Kier alpha value is -1.37. The molecule has 0 N–H and O–H groups in total. The third-order valence-corrected chi connectivity index (χ3v) is 3.46. The Balaban J connectivity index is 1.86. The smallest absolute Gasteiger partial charge is 0.376 e. The van der Waals surface area contributed by atoms with Gasteiger partial charge in [-0.3, -0.25) is 0 Å². The Kier molecular flexibility index (Phi) is 5.03. The Morgan fingerprint density at radius 3 is 2.67 bits per heavy atom. The lowest BCUT2D eigenvalue weighted by Gasteiger charge is -2.17. The van der Waals surface area contributed by atoms with Crippen LogP contribution in [0.25, 0.3) is 0 Å². The van der Waals surface area contributed by atoms with Crippen LogP contribution in [0.5, 0.6) is 0 Å². The molecule has 0 amide bonds. The van der Waals surface area contributed by atoms with Crippen LogP contribution in [-0.2, 0) is 10.9 Å². The Bertz CT molecular complexity index is 448. The lowest BCUT2D eigenvalue weighted by Crippen LogP contribution is -2.24. The van der Waals surface area contributed by atoms with Crippen molar-refractivity contribution in [3.63, 3.8) is 0 Å². The van der Waals surface area contributed by atoms with Crippen LogP contribution in [0.15, 0.2) is 12.1 Å². The van der Waals surface area contributed by atoms with Gasteiger partial charge in [-0.25, -0.2) is 0 Å². The van der Waals surface area contributed by atoms with Gasteiger partial charge in [0.05, 0.1) is 6.10 Å². The second-order valence-electron chi connectivity index (χ2n) is 5.68. The summed E-state index contributed by atoms with van der Waals surface area (Å²) >= 11 is 0. The van der Waals surface area contributed by atoms with Crippen LogP contribution in [0.2, 0.25) is 0 Å². The van der Waals surface area contributed by atoms with E-state index in [2.05, 4.69) is 24.0 Å². The number of aromatic nitrogens is 2. The topological polar surface area (TPSA) is 38.2 Å². The highest BCUT2D eigenvalue weighted by atomic mass is 19.4. The lowest BCUT2D eigenvalue weighted by molar-refractivity contribution is -0.141. The molecule has 1 aromatic rings. The molecule has 0 radical (unpaired) electrons. The summed E-state index contributed by atoms with van der Waals surface area (Å²) in [7, 11) is 0. The molecule has 1 aliphatic rings. The van der Waals surface area contributed by atoms with Gasteiger partial charge in [-0.05, 0) is 30.9 Å². The Morgan fingerprint density at radius 1 is 1.33 bits per heavy atom. The highest BCUT2D eigenvalue weighted by Crippen LogP contribution is 2.28. The first-order valence-electron chi connectivity index (χ1n) is 7.13. The van der Waals surface area contributed by atoms with Crippen LogP contribution in [0, 0.1) is 5.92 Å². The Morgan fingerprint density at radius 2 is 2.10 bits per heavy atom. The number of nitrogens with zero attached hydrogens (tertiary/aromatic N) is 3. The molecule has 0 aliphatic carbocycles. The van der Waals surface area contributed by atoms with Crippen LogP contribution in [0.1, 0.15) is 32.4 Å². The van der Waals surface area contributed by atoms with Crippen LogP contribution >= 0.6 is 0 Å². The highest BCUT2D eigenvalue weighted by molar-refractivity contribution is 5.39. The van der Waals surface area contributed by atoms with Gasteiger partial charge in [-0.2, -0.15) is 13.2 Å². The molecule has 118 valence electrons. The molecule has 0 bridgehead atoms. The summed E-state index contributed by atoms with van der Waals surface area (Å²) in [5, 5.41) is 6.92. The first-order valence-corrected chi connectivity index (χ1v) is 7.13. The summed E-state index contributed by atoms with van der Waals surface area (Å²) in [5.41, 5.74) is -0.963. The molecule has 0 saturated carbocycles. The molecule has 1 aromatic heterocycles. The van der Waals surface area contributed by atoms with E-state index >= 15 is 0 Å². The molecule has 4 nitrogen and oxygen atoms in total. The average molecular weight is 303 g/mol. The maximum Gasteiger partial charge on any atom is 0.435 e. The molecule has 0 aromatic carbocycles. The van der Waals surface area contributed by atoms with Gasteiger partial charge >= 0.3 is 6.18 Å². The molecule has 1 unspecified atom stereocenters. The summed E-state index contributed by atoms with van der Waals surface area (Å²) in [4.78, 5) is 1.91. The molecule has 21 heavy (non-hydrogen) atoms. The van der Waals surface area contributed by atoms with E-state index in [4.69, 9.17) is 4.74 Å². The minimum atomic E-state index is -4.45. The van der Waals surface area contributed by atoms with E-state index in [-0.39, 0.29) is 6.10 Å². The van der Waals surface area contributed by atoms with E-state index in [9.17, 15) is 13.2 Å². The van der Waals surface area contributed by atoms with E-state index in [1.165, 1.54) is 6.07 Å². The van der Waals surface area contributed by atoms with Crippen LogP contribution in [0.4, 0.5) is 19.0 Å². The largest absolute Gasteiger partial charge is 0.435 e. The molecule has 1 saturated heterocycles. The lowest BCUT2D eigenvalue weighted by atomic mass is 10.1. The van der Waals surface area contributed by atoms with Crippen molar-refractivity contribution >= 4 is 5.82 Å². The zero-order chi connectivity index (χ0) is 15.5. The zero-order valence-corrected chi connectivity index (χ0v) is 12.2. The first kappa shape index (κ1) is 16.0. The van der Waals surface area contributed by atoms with Crippen molar-refractivity contribution < 1.29 is 17.9 Å². The van der Waals surface area contributed by atoms with Gasteiger partial charge in [0.1, 0.15) is 0 Å². The predicted octanol–water partition coefficient (Wildman–Crippen LogP) is 3.14. The van der Waals surface area contributed by atoms with E-state index in [0.29, 0.717) is 18.3 Å². The fraction of sp³-hybridized carbons (Fsp3) is 0.714. The minimum absolute atomic E-state index is 0.118. The third kappa shape index (κ3) is 4.56. The molecular formula is C14H20F3N3O. The van der Waals surface area contributed by atoms with Gasteiger partial charge in [0.15, 0.2) is 11.5 Å². The van der Waals surface area contributed by atoms with Gasteiger partial charge in [-0.1, -0.05) is 13.8 Å². The monoisotopic (exact) mass is 303 g/mol. The number of anilines is 1. The molecule has 2 heterocycles. The molecule has 1 fully saturated rings. The molecule has 1 aliphatic heterocycles. The summed E-state index contributed by atoms with van der Waals surface area (Å²) < 4.78 is 43.1. The number of alkyl halides is 3. The predicted molar refractivity (Wildman–Crippen MR) is 73.1 cm³/mol. The van der Waals surface area contributed by atoms with Crippen LogP contribution < -0.4 is 4.90 Å². The normalized spacial score (nSPS) is 19.5. The van der Waals surface area contributed by atoms with Crippen molar-refractivity contribution in [2.24, 2.45) is 5.92 Å². The molecule has 0 spiro atoms. The second kappa shape index (κ2) is 6.60. The standard InChI is InChI=1S/C14H20F3N3O/c1-10(2)6-8-21-11-5-7-20(9-11)13-4-3-12(18-19-13)14(15,16)17/h3-4,10-11H,5-9H2,1-2H3. The number of ether oxygens (including phenoxy) is 1. The quantitative estimate of drug-likeness (QED) is 0.837. The third-order valence-electron chi connectivity index (χ3n) is 3.46. The molecule has 2 rings (SSSR count). The average Bonchev–Trinajstić information content (AvgIpc) is 2.86. The van der Waals surface area contributed by atoms with Crippen molar-refractivity contribution in [1.29, 1.82) is 0 Å². The van der Waals surface area contributed by atoms with Crippen LogP contribution in [0.3, 0.4) is 0 Å². The SMILES string of the molecule is CC(C)CCOC1CCN(c2ccc(C(F)(F)F)nn2)C1. The van der Waals surface area contributed by atoms with Gasteiger partial charge < -0.3 is 9.64 Å². The number of hydrogen-bond acceptors (Lipinski definition) is 4. The van der Waals surface area contributed by atoms with Crippen molar-refractivity contribution in [3.8, 4) is 0 Å². The zero-order valence-electron chi connectivity index (χ0n) is 12.2. The van der Waals surface area contributed by atoms with Gasteiger partial charge in [0.2, 0.25) is 0 Å². The molecule has 1 atom stereocenters. The fourth-order valence-corrected chi connectivity index (χ4v) is 2.19. The maximum absolute atomic E-state index is 12.4. The van der Waals surface area contributed by atoms with Crippen LogP contribution in [-0.4, -0.2) is 36.0 Å². The van der Waals surface area contributed by atoms with E-state index in [1.807, 2.05) is 4.90 Å². The summed E-state index contributed by atoms with van der Waals surface area (Å²) in [6.07, 6.45) is -2.45. The summed E-state index contributed by atoms with van der Waals surface area (Å²) in [5.74, 6) is 1.07. The number of hydrogen-bond donors (Lipinski definition) is 0. The highest BCUT2D eigenvalue weighted by Gasteiger charge is 2.33. The van der Waals surface area contributed by atoms with E-state index < -0.39 is 11.9 Å². The fourth-order valence-electron chi connectivity index (χ4n) is 2.19.